The van der Waals surface area contributed by atoms with Crippen molar-refractivity contribution in [3.8, 4) is 0 Å². The molecule has 0 aliphatic carbocycles. The molecule has 5 atom stereocenters. The molecule has 5 unspecified atom stereocenters. The first kappa shape index (κ1) is 58.6. The van der Waals surface area contributed by atoms with Gasteiger partial charge in [0.1, 0.15) is 26.4 Å². The van der Waals surface area contributed by atoms with Crippen LogP contribution in [0.3, 0.4) is 0 Å². The highest BCUT2D eigenvalue weighted by molar-refractivity contribution is 8.13. The van der Waals surface area contributed by atoms with Crippen molar-refractivity contribution in [2.45, 2.75) is 169 Å². The maximum atomic E-state index is 13.3. The zero-order valence-electron chi connectivity index (χ0n) is 39.5. The molecule has 62 heavy (non-hydrogen) atoms. The number of esters is 5. The van der Waals surface area contributed by atoms with Crippen LogP contribution in [0.1, 0.15) is 157 Å². The van der Waals surface area contributed by atoms with Crippen LogP contribution in [0.5, 0.6) is 0 Å². The number of amides is 1. The number of ether oxygens (including phenoxy) is 6. The lowest BCUT2D eigenvalue weighted by Crippen LogP contribution is -2.33. The number of hydrogen-bond acceptors (Lipinski definition) is 15. The van der Waals surface area contributed by atoms with Gasteiger partial charge in [0, 0.05) is 31.7 Å². The summed E-state index contributed by atoms with van der Waals surface area (Å²) in [5, 5.41) is -0.145. The van der Waals surface area contributed by atoms with Gasteiger partial charge in [-0.25, -0.2) is 0 Å². The topological polar surface area (TPSA) is 181 Å². The molecule has 0 heterocycles. The van der Waals surface area contributed by atoms with E-state index in [2.05, 4.69) is 13.8 Å². The SMILES string of the molecule is CCCCCCCC(C)C(=O)OCC(COC(=O)C(C)CC)OC(=O)CCCN(CCCCC(=O)OC(COC=O)COC(=O)C(C)CCCCCC)C(=O)SCCCN(C)C. The zero-order chi connectivity index (χ0) is 46.5. The summed E-state index contributed by atoms with van der Waals surface area (Å²) in [7, 11) is 3.93. The van der Waals surface area contributed by atoms with E-state index < -0.39 is 42.1 Å². The Labute approximate surface area is 377 Å². The van der Waals surface area contributed by atoms with Gasteiger partial charge in [-0.2, -0.15) is 0 Å². The number of unbranched alkanes of at least 4 members (excludes halogenated alkanes) is 8. The lowest BCUT2D eigenvalue weighted by atomic mass is 10.0. The first-order valence-electron chi connectivity index (χ1n) is 23.2. The van der Waals surface area contributed by atoms with Crippen LogP contribution in [-0.2, 0) is 57.2 Å². The second-order valence-corrected chi connectivity index (χ2v) is 17.6. The Bertz CT molecular complexity index is 1250. The quantitative estimate of drug-likeness (QED) is 0.0248. The molecule has 0 N–H and O–H groups in total. The van der Waals surface area contributed by atoms with Gasteiger partial charge in [0.05, 0.1) is 17.8 Å². The fraction of sp³-hybridized carbons (Fsp3) is 0.848. The summed E-state index contributed by atoms with van der Waals surface area (Å²) in [6.45, 7) is 12.1. The average molecular weight is 903 g/mol. The third kappa shape index (κ3) is 31.4. The molecule has 0 radical (unpaired) electrons. The highest BCUT2D eigenvalue weighted by Gasteiger charge is 2.24. The van der Waals surface area contributed by atoms with E-state index in [1.54, 1.807) is 18.7 Å². The van der Waals surface area contributed by atoms with Gasteiger partial charge in [-0.1, -0.05) is 111 Å². The van der Waals surface area contributed by atoms with E-state index in [4.69, 9.17) is 28.4 Å². The largest absolute Gasteiger partial charge is 0.464 e. The molecular weight excluding hydrogens is 821 g/mol. The molecule has 0 aromatic carbocycles. The zero-order valence-corrected chi connectivity index (χ0v) is 40.3. The molecule has 15 nitrogen and oxygen atoms in total. The van der Waals surface area contributed by atoms with Gasteiger partial charge >= 0.3 is 29.8 Å². The lowest BCUT2D eigenvalue weighted by Gasteiger charge is -2.23. The van der Waals surface area contributed by atoms with Gasteiger partial charge in [-0.3, -0.25) is 33.6 Å². The normalized spacial score (nSPS) is 13.6. The van der Waals surface area contributed by atoms with Gasteiger partial charge < -0.3 is 38.2 Å². The molecule has 0 aliphatic rings. The van der Waals surface area contributed by atoms with Crippen LogP contribution in [0.25, 0.3) is 0 Å². The van der Waals surface area contributed by atoms with Crippen molar-refractivity contribution in [1.29, 1.82) is 0 Å². The van der Waals surface area contributed by atoms with Gasteiger partial charge in [-0.05, 0) is 65.6 Å². The molecule has 0 saturated heterocycles. The van der Waals surface area contributed by atoms with E-state index in [0.717, 1.165) is 70.8 Å². The number of carbonyl (C=O) groups is 7. The molecule has 1 amide bonds. The van der Waals surface area contributed by atoms with Crippen LogP contribution in [0, 0.1) is 17.8 Å². The maximum Gasteiger partial charge on any atom is 0.308 e. The minimum atomic E-state index is -0.985. The number of rotatable bonds is 39. The molecule has 0 aromatic rings. The molecule has 0 aromatic heterocycles. The van der Waals surface area contributed by atoms with Crippen molar-refractivity contribution < 1.29 is 62.0 Å². The molecule has 0 rings (SSSR count). The predicted octanol–water partition coefficient (Wildman–Crippen LogP) is 8.32. The van der Waals surface area contributed by atoms with Crippen LogP contribution < -0.4 is 0 Å². The molecule has 360 valence electrons. The summed E-state index contributed by atoms with van der Waals surface area (Å²) in [5.74, 6) is -2.72. The molecule has 0 aliphatic heterocycles. The molecule has 0 saturated carbocycles. The Morgan fingerprint density at radius 2 is 1.02 bits per heavy atom. The molecule has 0 bridgehead atoms. The number of carbonyl (C=O) groups excluding carboxylic acids is 7. The summed E-state index contributed by atoms with van der Waals surface area (Å²) < 4.78 is 32.2. The highest BCUT2D eigenvalue weighted by Crippen LogP contribution is 2.17. The summed E-state index contributed by atoms with van der Waals surface area (Å²) in [6.07, 6.45) is 11.5. The van der Waals surface area contributed by atoms with Crippen molar-refractivity contribution in [2.24, 2.45) is 17.8 Å². The van der Waals surface area contributed by atoms with Crippen LogP contribution >= 0.6 is 11.8 Å². The van der Waals surface area contributed by atoms with Gasteiger partial charge in [0.25, 0.3) is 11.7 Å². The van der Waals surface area contributed by atoms with Crippen LogP contribution in [0.4, 0.5) is 4.79 Å². The minimum Gasteiger partial charge on any atom is -0.464 e. The maximum absolute atomic E-state index is 13.3. The highest BCUT2D eigenvalue weighted by atomic mass is 32.2. The Morgan fingerprint density at radius 1 is 0.548 bits per heavy atom. The molecule has 0 spiro atoms. The summed E-state index contributed by atoms with van der Waals surface area (Å²) in [5.41, 5.74) is 0. The van der Waals surface area contributed by atoms with Gasteiger partial charge in [0.15, 0.2) is 12.2 Å². The second-order valence-electron chi connectivity index (χ2n) is 16.5. The number of thioether (sulfide) groups is 1. The lowest BCUT2D eigenvalue weighted by molar-refractivity contribution is -0.169. The third-order valence-corrected chi connectivity index (χ3v) is 11.3. The van der Waals surface area contributed by atoms with E-state index in [1.807, 2.05) is 32.8 Å². The minimum absolute atomic E-state index is 0.0228. The predicted molar refractivity (Wildman–Crippen MR) is 240 cm³/mol. The van der Waals surface area contributed by atoms with Crippen LogP contribution in [-0.4, -0.2) is 129 Å². The molecular formula is C46H82N2O13S. The van der Waals surface area contributed by atoms with Crippen LogP contribution in [0.15, 0.2) is 0 Å². The van der Waals surface area contributed by atoms with Crippen molar-refractivity contribution >= 4 is 53.3 Å². The van der Waals surface area contributed by atoms with Gasteiger partial charge in [-0.15, -0.1) is 0 Å². The van der Waals surface area contributed by atoms with Crippen LogP contribution in [0.2, 0.25) is 0 Å². The van der Waals surface area contributed by atoms with Crippen molar-refractivity contribution in [2.75, 3.05) is 65.9 Å². The van der Waals surface area contributed by atoms with Crippen molar-refractivity contribution in [3.05, 3.63) is 0 Å². The summed E-state index contributed by atoms with van der Waals surface area (Å²) in [6, 6.07) is 0. The third-order valence-electron chi connectivity index (χ3n) is 10.3. The Balaban J connectivity index is 5.32. The van der Waals surface area contributed by atoms with Crippen molar-refractivity contribution in [3.63, 3.8) is 0 Å². The Kier molecular flexibility index (Phi) is 36.0. The van der Waals surface area contributed by atoms with E-state index in [-0.39, 0.29) is 81.7 Å². The van der Waals surface area contributed by atoms with E-state index in [0.29, 0.717) is 44.4 Å². The Hall–Kier alpha value is -3.40. The standard InChI is InChI=1S/C46H82N2O13S/c1-9-12-14-16-18-24-38(6)45(54)59-34-40(33-57-43(52)36(4)11-3)61-42(51)26-21-29-48(46(55)62-30-22-27-47(7)8)28-20-19-25-41(50)60-39(31-56-35-49)32-58-44(53)37(5)23-17-15-13-10-2/h35-40H,9-34H2,1-8H3. The Morgan fingerprint density at radius 3 is 1.52 bits per heavy atom. The first-order chi connectivity index (χ1) is 29.7. The van der Waals surface area contributed by atoms with Gasteiger partial charge in [0.2, 0.25) is 0 Å². The summed E-state index contributed by atoms with van der Waals surface area (Å²) in [4.78, 5) is 91.3. The van der Waals surface area contributed by atoms with E-state index >= 15 is 0 Å². The monoisotopic (exact) mass is 903 g/mol. The fourth-order valence-corrected chi connectivity index (χ4v) is 6.88. The number of hydrogen-bond donors (Lipinski definition) is 0. The fourth-order valence-electron chi connectivity index (χ4n) is 6.07. The molecule has 0 fully saturated rings. The average Bonchev–Trinajstić information content (AvgIpc) is 3.25. The smallest absolute Gasteiger partial charge is 0.308 e. The van der Waals surface area contributed by atoms with Crippen molar-refractivity contribution in [1.82, 2.24) is 9.80 Å². The second kappa shape index (κ2) is 38.1. The number of nitrogens with zero attached hydrogens (tertiary/aromatic N) is 2. The summed E-state index contributed by atoms with van der Waals surface area (Å²) >= 11 is 1.20. The van der Waals surface area contributed by atoms with E-state index in [1.165, 1.54) is 11.8 Å². The van der Waals surface area contributed by atoms with E-state index in [9.17, 15) is 33.6 Å². The molecule has 16 heteroatoms. The first-order valence-corrected chi connectivity index (χ1v) is 24.2.